The molecule has 0 aromatic heterocycles. The number of aliphatic hydroxyl groups excluding tert-OH is 4. The maximum absolute atomic E-state index is 11.2. The monoisotopic (exact) mass is 214 g/mol. The van der Waals surface area contributed by atoms with E-state index in [-0.39, 0.29) is 6.29 Å². The Balaban J connectivity index is 4.25. The zero-order valence-electron chi connectivity index (χ0n) is 6.99. The van der Waals surface area contributed by atoms with Crippen LogP contribution in [0.25, 0.3) is 0 Å². The van der Waals surface area contributed by atoms with Gasteiger partial charge in [0.1, 0.15) is 18.3 Å². The number of rotatable bonds is 7. The van der Waals surface area contributed by atoms with E-state index in [1.54, 1.807) is 0 Å². The van der Waals surface area contributed by atoms with Crippen molar-refractivity contribution >= 4 is 6.29 Å². The average molecular weight is 214 g/mol. The SMILES string of the molecule is O=C[C@H](OOF)[C@@H](O)[C@H](O)[C@H](O)CO. The van der Waals surface area contributed by atoms with Crippen molar-refractivity contribution in [3.63, 3.8) is 0 Å². The van der Waals surface area contributed by atoms with E-state index in [0.29, 0.717) is 0 Å². The van der Waals surface area contributed by atoms with Crippen LogP contribution in [0.4, 0.5) is 4.53 Å². The smallest absolute Gasteiger partial charge is 0.180 e. The van der Waals surface area contributed by atoms with E-state index in [1.807, 2.05) is 0 Å². The molecule has 4 N–H and O–H groups in total. The molecule has 0 aliphatic heterocycles. The van der Waals surface area contributed by atoms with Gasteiger partial charge in [-0.25, -0.2) is 0 Å². The van der Waals surface area contributed by atoms with E-state index in [1.165, 1.54) is 0 Å². The standard InChI is InChI=1S/C6H11FO7/c7-14-13-4(2-9)6(12)5(11)3(10)1-8/h2-6,8,10-12H,1H2/t3-,4+,5-,6-/m1/s1. The first-order valence-corrected chi connectivity index (χ1v) is 3.62. The predicted octanol–water partition coefficient (Wildman–Crippen LogP) is -2.54. The number of aliphatic hydroxyl groups is 4. The van der Waals surface area contributed by atoms with Gasteiger partial charge in [-0.3, -0.25) is 0 Å². The topological polar surface area (TPSA) is 116 Å². The lowest BCUT2D eigenvalue weighted by Gasteiger charge is -2.23. The summed E-state index contributed by atoms with van der Waals surface area (Å²) in [5.74, 6) is 0. The summed E-state index contributed by atoms with van der Waals surface area (Å²) in [5.41, 5.74) is 0. The Hall–Kier alpha value is -0.640. The molecule has 0 fully saturated rings. The zero-order chi connectivity index (χ0) is 11.1. The third-order valence-electron chi connectivity index (χ3n) is 1.55. The van der Waals surface area contributed by atoms with Gasteiger partial charge >= 0.3 is 0 Å². The Morgan fingerprint density at radius 2 is 1.86 bits per heavy atom. The van der Waals surface area contributed by atoms with Gasteiger partial charge < -0.3 is 25.2 Å². The molecule has 0 aromatic rings. The summed E-state index contributed by atoms with van der Waals surface area (Å²) in [6, 6.07) is 0. The van der Waals surface area contributed by atoms with Crippen molar-refractivity contribution in [3.8, 4) is 0 Å². The van der Waals surface area contributed by atoms with Crippen LogP contribution in [0.1, 0.15) is 0 Å². The highest BCUT2D eigenvalue weighted by atomic mass is 19.3. The molecule has 0 bridgehead atoms. The summed E-state index contributed by atoms with van der Waals surface area (Å²) < 4.78 is 11.2. The molecular weight excluding hydrogens is 203 g/mol. The molecule has 0 heterocycles. The lowest BCUT2D eigenvalue weighted by Crippen LogP contribution is -2.47. The van der Waals surface area contributed by atoms with Crippen LogP contribution in [0.2, 0.25) is 0 Å². The summed E-state index contributed by atoms with van der Waals surface area (Å²) in [7, 11) is 0. The van der Waals surface area contributed by atoms with E-state index in [9.17, 15) is 9.32 Å². The van der Waals surface area contributed by atoms with E-state index in [4.69, 9.17) is 20.4 Å². The molecule has 0 radical (unpaired) electrons. The molecule has 4 atom stereocenters. The molecule has 84 valence electrons. The van der Waals surface area contributed by atoms with Gasteiger partial charge in [0.05, 0.1) is 6.61 Å². The average Bonchev–Trinajstić information content (AvgIpc) is 2.22. The Labute approximate surface area is 78.1 Å². The van der Waals surface area contributed by atoms with E-state index < -0.39 is 31.0 Å². The third-order valence-corrected chi connectivity index (χ3v) is 1.55. The second kappa shape index (κ2) is 6.76. The summed E-state index contributed by atoms with van der Waals surface area (Å²) in [6.07, 6.45) is -7.26. The fraction of sp³-hybridized carbons (Fsp3) is 0.833. The van der Waals surface area contributed by atoms with Crippen molar-refractivity contribution in [2.24, 2.45) is 0 Å². The second-order valence-corrected chi connectivity index (χ2v) is 2.49. The first-order valence-electron chi connectivity index (χ1n) is 3.62. The van der Waals surface area contributed by atoms with Gasteiger partial charge in [0.2, 0.25) is 0 Å². The third kappa shape index (κ3) is 3.62. The van der Waals surface area contributed by atoms with Crippen LogP contribution in [-0.4, -0.2) is 57.7 Å². The molecule has 8 heteroatoms. The zero-order valence-corrected chi connectivity index (χ0v) is 6.99. The van der Waals surface area contributed by atoms with Crippen LogP contribution < -0.4 is 0 Å². The molecule has 0 unspecified atom stereocenters. The van der Waals surface area contributed by atoms with Crippen LogP contribution >= 0.6 is 0 Å². The van der Waals surface area contributed by atoms with Crippen molar-refractivity contribution in [2.45, 2.75) is 24.4 Å². The summed E-state index contributed by atoms with van der Waals surface area (Å²) in [5, 5.41) is 38.0. The summed E-state index contributed by atoms with van der Waals surface area (Å²) in [4.78, 5) is 13.8. The molecule has 0 aliphatic rings. The van der Waals surface area contributed by atoms with E-state index >= 15 is 0 Å². The number of aldehydes is 1. The van der Waals surface area contributed by atoms with Crippen molar-refractivity contribution < 1.29 is 39.7 Å². The van der Waals surface area contributed by atoms with Crippen LogP contribution in [-0.2, 0) is 14.8 Å². The van der Waals surface area contributed by atoms with Crippen LogP contribution in [0.5, 0.6) is 0 Å². The quantitative estimate of drug-likeness (QED) is 0.209. The first-order chi connectivity index (χ1) is 6.58. The maximum atomic E-state index is 11.2. The van der Waals surface area contributed by atoms with Crippen LogP contribution in [0.3, 0.4) is 0 Å². The first kappa shape index (κ1) is 13.4. The van der Waals surface area contributed by atoms with Crippen molar-refractivity contribution in [1.29, 1.82) is 0 Å². The highest BCUT2D eigenvalue weighted by molar-refractivity contribution is 5.57. The van der Waals surface area contributed by atoms with E-state index in [0.717, 1.165) is 0 Å². The minimum Gasteiger partial charge on any atom is -0.394 e. The minimum absolute atomic E-state index is 0.0302. The maximum Gasteiger partial charge on any atom is 0.180 e. The number of hydrogen-bond donors (Lipinski definition) is 4. The molecule has 0 saturated carbocycles. The molecule has 0 saturated heterocycles. The normalized spacial score (nSPS) is 19.8. The minimum atomic E-state index is -1.91. The van der Waals surface area contributed by atoms with Crippen molar-refractivity contribution in [2.75, 3.05) is 6.61 Å². The lowest BCUT2D eigenvalue weighted by atomic mass is 10.0. The second-order valence-electron chi connectivity index (χ2n) is 2.49. The van der Waals surface area contributed by atoms with Crippen LogP contribution in [0, 0.1) is 0 Å². The van der Waals surface area contributed by atoms with Gasteiger partial charge in [0, 0.05) is 0 Å². The van der Waals surface area contributed by atoms with Gasteiger partial charge in [0.25, 0.3) is 0 Å². The summed E-state index contributed by atoms with van der Waals surface area (Å²) in [6.45, 7) is -0.833. The summed E-state index contributed by atoms with van der Waals surface area (Å²) >= 11 is 0. The lowest BCUT2D eigenvalue weighted by molar-refractivity contribution is -0.449. The molecule has 0 amide bonds. The number of carbonyl (C=O) groups excluding carboxylic acids is 1. The molecule has 0 aromatic carbocycles. The van der Waals surface area contributed by atoms with Gasteiger partial charge in [-0.2, -0.15) is 4.89 Å². The Morgan fingerprint density at radius 1 is 1.29 bits per heavy atom. The molecule has 0 spiro atoms. The Kier molecular flexibility index (Phi) is 6.45. The Morgan fingerprint density at radius 3 is 2.21 bits per heavy atom. The van der Waals surface area contributed by atoms with Crippen molar-refractivity contribution in [1.82, 2.24) is 0 Å². The molecule has 0 rings (SSSR count). The van der Waals surface area contributed by atoms with Gasteiger partial charge in [-0.15, -0.1) is 0 Å². The fourth-order valence-electron chi connectivity index (χ4n) is 0.732. The van der Waals surface area contributed by atoms with Gasteiger partial charge in [-0.05, 0) is 9.62 Å². The number of hydrogen-bond acceptors (Lipinski definition) is 7. The predicted molar refractivity (Wildman–Crippen MR) is 38.2 cm³/mol. The number of halogens is 1. The highest BCUT2D eigenvalue weighted by Crippen LogP contribution is 2.07. The van der Waals surface area contributed by atoms with Gasteiger partial charge in [-0.1, -0.05) is 0 Å². The fourth-order valence-corrected chi connectivity index (χ4v) is 0.732. The van der Waals surface area contributed by atoms with Crippen molar-refractivity contribution in [3.05, 3.63) is 0 Å². The molecule has 7 nitrogen and oxygen atoms in total. The Bertz CT molecular complexity index is 166. The molecular formula is C6H11FO7. The van der Waals surface area contributed by atoms with Gasteiger partial charge in [0.15, 0.2) is 12.4 Å². The number of carbonyl (C=O) groups is 1. The van der Waals surface area contributed by atoms with Crippen LogP contribution in [0.15, 0.2) is 0 Å². The largest absolute Gasteiger partial charge is 0.394 e. The molecule has 0 aliphatic carbocycles. The highest BCUT2D eigenvalue weighted by Gasteiger charge is 2.32. The molecule has 14 heavy (non-hydrogen) atoms. The van der Waals surface area contributed by atoms with E-state index in [2.05, 4.69) is 9.98 Å².